The molecule has 5 heteroatoms. The molecule has 0 spiro atoms. The number of aryl methyl sites for hydroxylation is 1. The number of rotatable bonds is 7. The van der Waals surface area contributed by atoms with E-state index in [2.05, 4.69) is 0 Å². The molecule has 0 bridgehead atoms. The third-order valence-electron chi connectivity index (χ3n) is 2.84. The van der Waals surface area contributed by atoms with Gasteiger partial charge in [0.05, 0.1) is 13.0 Å². The van der Waals surface area contributed by atoms with Crippen molar-refractivity contribution in [2.24, 2.45) is 5.73 Å². The summed E-state index contributed by atoms with van der Waals surface area (Å²) in [4.78, 5) is 13.4. The van der Waals surface area contributed by atoms with Gasteiger partial charge in [0, 0.05) is 13.6 Å². The highest BCUT2D eigenvalue weighted by molar-refractivity contribution is 5.75. The predicted octanol–water partition coefficient (Wildman–Crippen LogP) is 1.71. The van der Waals surface area contributed by atoms with E-state index in [1.165, 1.54) is 6.07 Å². The standard InChI is InChI=1S/C14H21FN2O2/c1-11-10-12(4-5-13(11)15)19-9-6-14(18)17(2)8-3-7-16/h4-5,10H,3,6-9,16H2,1-2H3. The van der Waals surface area contributed by atoms with E-state index in [0.717, 1.165) is 6.42 Å². The number of nitrogens with zero attached hydrogens (tertiary/aromatic N) is 1. The summed E-state index contributed by atoms with van der Waals surface area (Å²) in [7, 11) is 1.75. The second-order valence-electron chi connectivity index (χ2n) is 4.47. The van der Waals surface area contributed by atoms with E-state index in [0.29, 0.717) is 30.8 Å². The van der Waals surface area contributed by atoms with Gasteiger partial charge in [-0.15, -0.1) is 0 Å². The van der Waals surface area contributed by atoms with Crippen molar-refractivity contribution in [3.8, 4) is 5.75 Å². The Balaban J connectivity index is 2.33. The molecular formula is C14H21FN2O2. The zero-order valence-electron chi connectivity index (χ0n) is 11.5. The number of amides is 1. The molecule has 106 valence electrons. The van der Waals surface area contributed by atoms with Crippen LogP contribution in [0.25, 0.3) is 0 Å². The largest absolute Gasteiger partial charge is 0.493 e. The van der Waals surface area contributed by atoms with Crippen molar-refractivity contribution in [2.45, 2.75) is 19.8 Å². The van der Waals surface area contributed by atoms with Gasteiger partial charge >= 0.3 is 0 Å². The maximum Gasteiger partial charge on any atom is 0.225 e. The van der Waals surface area contributed by atoms with E-state index in [1.807, 2.05) is 0 Å². The Bertz CT molecular complexity index is 424. The zero-order valence-corrected chi connectivity index (χ0v) is 11.5. The van der Waals surface area contributed by atoms with Crippen LogP contribution in [-0.2, 0) is 4.79 Å². The van der Waals surface area contributed by atoms with Gasteiger partial charge in [0.1, 0.15) is 11.6 Å². The molecular weight excluding hydrogens is 247 g/mol. The summed E-state index contributed by atoms with van der Waals surface area (Å²) in [6.45, 7) is 3.19. The molecule has 0 radical (unpaired) electrons. The third-order valence-corrected chi connectivity index (χ3v) is 2.84. The van der Waals surface area contributed by atoms with Crippen molar-refractivity contribution in [1.82, 2.24) is 4.90 Å². The smallest absolute Gasteiger partial charge is 0.225 e. The normalized spacial score (nSPS) is 10.3. The van der Waals surface area contributed by atoms with Gasteiger partial charge in [-0.05, 0) is 43.7 Å². The average Bonchev–Trinajstić information content (AvgIpc) is 2.39. The fourth-order valence-electron chi connectivity index (χ4n) is 1.61. The zero-order chi connectivity index (χ0) is 14.3. The van der Waals surface area contributed by atoms with Crippen molar-refractivity contribution in [3.05, 3.63) is 29.6 Å². The maximum absolute atomic E-state index is 13.0. The topological polar surface area (TPSA) is 55.6 Å². The van der Waals surface area contributed by atoms with Crippen LogP contribution >= 0.6 is 0 Å². The van der Waals surface area contributed by atoms with Crippen LogP contribution in [0.15, 0.2) is 18.2 Å². The van der Waals surface area contributed by atoms with Gasteiger partial charge in [-0.3, -0.25) is 4.79 Å². The Hall–Kier alpha value is -1.62. The summed E-state index contributed by atoms with van der Waals surface area (Å²) < 4.78 is 18.5. The second kappa shape index (κ2) is 7.74. The van der Waals surface area contributed by atoms with Crippen LogP contribution in [0.5, 0.6) is 5.75 Å². The molecule has 0 fully saturated rings. The van der Waals surface area contributed by atoms with Crippen molar-refractivity contribution >= 4 is 5.91 Å². The number of hydrogen-bond acceptors (Lipinski definition) is 3. The number of carbonyl (C=O) groups excluding carboxylic acids is 1. The highest BCUT2D eigenvalue weighted by Gasteiger charge is 2.08. The molecule has 0 saturated heterocycles. The molecule has 1 rings (SSSR count). The molecule has 0 aliphatic rings. The summed E-state index contributed by atoms with van der Waals surface area (Å²) >= 11 is 0. The van der Waals surface area contributed by atoms with E-state index >= 15 is 0 Å². The SMILES string of the molecule is Cc1cc(OCCC(=O)N(C)CCCN)ccc1F. The van der Waals surface area contributed by atoms with Crippen molar-refractivity contribution in [1.29, 1.82) is 0 Å². The van der Waals surface area contributed by atoms with E-state index < -0.39 is 0 Å². The van der Waals surface area contributed by atoms with Gasteiger partial charge in [-0.1, -0.05) is 0 Å². The van der Waals surface area contributed by atoms with Crippen LogP contribution in [0.3, 0.4) is 0 Å². The lowest BCUT2D eigenvalue weighted by Crippen LogP contribution is -2.30. The first kappa shape index (κ1) is 15.4. The quantitative estimate of drug-likeness (QED) is 0.819. The van der Waals surface area contributed by atoms with E-state index in [1.54, 1.807) is 31.0 Å². The first-order chi connectivity index (χ1) is 9.04. The summed E-state index contributed by atoms with van der Waals surface area (Å²) in [5.74, 6) is 0.341. The van der Waals surface area contributed by atoms with Crippen LogP contribution in [-0.4, -0.2) is 37.6 Å². The number of carbonyl (C=O) groups is 1. The van der Waals surface area contributed by atoms with Crippen LogP contribution in [0.2, 0.25) is 0 Å². The molecule has 0 saturated carbocycles. The molecule has 0 atom stereocenters. The van der Waals surface area contributed by atoms with Gasteiger partial charge in [0.25, 0.3) is 0 Å². The number of hydrogen-bond donors (Lipinski definition) is 1. The number of nitrogens with two attached hydrogens (primary N) is 1. The van der Waals surface area contributed by atoms with E-state index in [9.17, 15) is 9.18 Å². The summed E-state index contributed by atoms with van der Waals surface area (Å²) in [5, 5.41) is 0. The van der Waals surface area contributed by atoms with E-state index in [4.69, 9.17) is 10.5 Å². The first-order valence-corrected chi connectivity index (χ1v) is 6.37. The maximum atomic E-state index is 13.0. The highest BCUT2D eigenvalue weighted by Crippen LogP contribution is 2.16. The summed E-state index contributed by atoms with van der Waals surface area (Å²) in [5.41, 5.74) is 5.92. The molecule has 0 heterocycles. The highest BCUT2D eigenvalue weighted by atomic mass is 19.1. The molecule has 1 amide bonds. The first-order valence-electron chi connectivity index (χ1n) is 6.37. The van der Waals surface area contributed by atoms with Crippen LogP contribution in [0.1, 0.15) is 18.4 Å². The number of benzene rings is 1. The minimum atomic E-state index is -0.259. The molecule has 1 aromatic rings. The molecule has 0 unspecified atom stereocenters. The van der Waals surface area contributed by atoms with Gasteiger partial charge < -0.3 is 15.4 Å². The van der Waals surface area contributed by atoms with Crippen LogP contribution in [0.4, 0.5) is 4.39 Å². The molecule has 2 N–H and O–H groups in total. The van der Waals surface area contributed by atoms with Gasteiger partial charge in [0.2, 0.25) is 5.91 Å². The average molecular weight is 268 g/mol. The predicted molar refractivity (Wildman–Crippen MR) is 72.6 cm³/mol. The minimum Gasteiger partial charge on any atom is -0.493 e. The molecule has 4 nitrogen and oxygen atoms in total. The summed E-state index contributed by atoms with van der Waals surface area (Å²) in [6, 6.07) is 4.54. The fourth-order valence-corrected chi connectivity index (χ4v) is 1.61. The van der Waals surface area contributed by atoms with Gasteiger partial charge in [-0.25, -0.2) is 4.39 Å². The lowest BCUT2D eigenvalue weighted by atomic mass is 10.2. The van der Waals surface area contributed by atoms with Crippen molar-refractivity contribution < 1.29 is 13.9 Å². The second-order valence-corrected chi connectivity index (χ2v) is 4.47. The van der Waals surface area contributed by atoms with Crippen molar-refractivity contribution in [3.63, 3.8) is 0 Å². The van der Waals surface area contributed by atoms with Crippen LogP contribution < -0.4 is 10.5 Å². The Labute approximate surface area is 113 Å². The van der Waals surface area contributed by atoms with Crippen LogP contribution in [0, 0.1) is 12.7 Å². The fraction of sp³-hybridized carbons (Fsp3) is 0.500. The lowest BCUT2D eigenvalue weighted by Gasteiger charge is -2.16. The summed E-state index contributed by atoms with van der Waals surface area (Å²) in [6.07, 6.45) is 1.09. The molecule has 0 aliphatic carbocycles. The van der Waals surface area contributed by atoms with Gasteiger partial charge in [0.15, 0.2) is 0 Å². The molecule has 19 heavy (non-hydrogen) atoms. The monoisotopic (exact) mass is 268 g/mol. The van der Waals surface area contributed by atoms with Crippen molar-refractivity contribution in [2.75, 3.05) is 26.7 Å². The number of ether oxygens (including phenoxy) is 1. The molecule has 0 aliphatic heterocycles. The third kappa shape index (κ3) is 5.26. The lowest BCUT2D eigenvalue weighted by molar-refractivity contribution is -0.130. The number of halogens is 1. The Morgan fingerprint density at radius 2 is 2.21 bits per heavy atom. The molecule has 0 aromatic heterocycles. The Morgan fingerprint density at radius 3 is 2.84 bits per heavy atom. The minimum absolute atomic E-state index is 0.0206. The van der Waals surface area contributed by atoms with E-state index in [-0.39, 0.29) is 18.3 Å². The molecule has 1 aromatic carbocycles. The Morgan fingerprint density at radius 1 is 1.47 bits per heavy atom. The van der Waals surface area contributed by atoms with Gasteiger partial charge in [-0.2, -0.15) is 0 Å². The Kier molecular flexibility index (Phi) is 6.29.